The van der Waals surface area contributed by atoms with Gasteiger partial charge in [0.2, 0.25) is 0 Å². The predicted molar refractivity (Wildman–Crippen MR) is 102 cm³/mol. The summed E-state index contributed by atoms with van der Waals surface area (Å²) < 4.78 is 6.14. The molecular formula is C19H25BrN2O2. The highest BCUT2D eigenvalue weighted by Crippen LogP contribution is 2.32. The van der Waals surface area contributed by atoms with Crippen LogP contribution in [0.5, 0.6) is 0 Å². The molecule has 0 aliphatic carbocycles. The van der Waals surface area contributed by atoms with Crippen LogP contribution < -0.4 is 5.32 Å². The fourth-order valence-corrected chi connectivity index (χ4v) is 2.98. The Morgan fingerprint density at radius 1 is 1.12 bits per heavy atom. The molecule has 0 bridgehead atoms. The number of hydrogen-bond acceptors (Lipinski definition) is 2. The van der Waals surface area contributed by atoms with Crippen LogP contribution >= 0.6 is 15.9 Å². The standard InChI is InChI=1S/C19H25BrN2O2/c1-12(2)15-7-6-8-16(13(3)4)18(15)21-19(23)22(5)11-14-9-10-17(20)24-14/h6-10,12-13H,11H2,1-5H3,(H,21,23). The van der Waals surface area contributed by atoms with Crippen molar-refractivity contribution in [1.82, 2.24) is 4.90 Å². The molecule has 2 amide bonds. The van der Waals surface area contributed by atoms with Crippen molar-refractivity contribution in [1.29, 1.82) is 0 Å². The summed E-state index contributed by atoms with van der Waals surface area (Å²) >= 11 is 3.28. The molecule has 1 aromatic heterocycles. The Balaban J connectivity index is 2.21. The number of nitrogens with one attached hydrogen (secondary N) is 1. The number of carbonyl (C=O) groups is 1. The molecule has 0 aliphatic rings. The molecule has 0 atom stereocenters. The Bertz CT molecular complexity index is 681. The summed E-state index contributed by atoms with van der Waals surface area (Å²) in [5.41, 5.74) is 3.24. The number of amides is 2. The third kappa shape index (κ3) is 4.41. The number of hydrogen-bond donors (Lipinski definition) is 1. The maximum atomic E-state index is 12.6. The first-order valence-corrected chi connectivity index (χ1v) is 8.98. The minimum atomic E-state index is -0.141. The molecule has 4 nitrogen and oxygen atoms in total. The van der Waals surface area contributed by atoms with Crippen molar-refractivity contribution in [3.05, 3.63) is 51.9 Å². The lowest BCUT2D eigenvalue weighted by atomic mass is 9.93. The van der Waals surface area contributed by atoms with Crippen molar-refractivity contribution in [2.45, 2.75) is 46.1 Å². The van der Waals surface area contributed by atoms with Crippen LogP contribution in [0.4, 0.5) is 10.5 Å². The van der Waals surface area contributed by atoms with Crippen molar-refractivity contribution in [3.63, 3.8) is 0 Å². The van der Waals surface area contributed by atoms with E-state index in [9.17, 15) is 4.79 Å². The minimum Gasteiger partial charge on any atom is -0.452 e. The molecule has 5 heteroatoms. The number of rotatable bonds is 5. The zero-order valence-electron chi connectivity index (χ0n) is 14.9. The van der Waals surface area contributed by atoms with Gasteiger partial charge in [-0.3, -0.25) is 0 Å². The molecule has 2 aromatic rings. The third-order valence-corrected chi connectivity index (χ3v) is 4.40. The predicted octanol–water partition coefficient (Wildman–Crippen LogP) is 5.95. The Kier molecular flexibility index (Phi) is 6.10. The number of benzene rings is 1. The maximum Gasteiger partial charge on any atom is 0.322 e. The van der Waals surface area contributed by atoms with Crippen LogP contribution in [0.15, 0.2) is 39.4 Å². The Labute approximate surface area is 152 Å². The Morgan fingerprint density at radius 2 is 1.71 bits per heavy atom. The summed E-state index contributed by atoms with van der Waals surface area (Å²) in [6, 6.07) is 9.76. The largest absolute Gasteiger partial charge is 0.452 e. The smallest absolute Gasteiger partial charge is 0.322 e. The third-order valence-electron chi connectivity index (χ3n) is 3.97. The number of halogens is 1. The Morgan fingerprint density at radius 3 is 2.17 bits per heavy atom. The number of nitrogens with zero attached hydrogens (tertiary/aromatic N) is 1. The van der Waals surface area contributed by atoms with Gasteiger partial charge in [0.25, 0.3) is 0 Å². The molecule has 0 unspecified atom stereocenters. The summed E-state index contributed by atoms with van der Waals surface area (Å²) in [4.78, 5) is 14.3. The van der Waals surface area contributed by atoms with Gasteiger partial charge in [0.15, 0.2) is 4.67 Å². The first kappa shape index (κ1) is 18.6. The van der Waals surface area contributed by atoms with Gasteiger partial charge >= 0.3 is 6.03 Å². The average molecular weight is 393 g/mol. The van der Waals surface area contributed by atoms with E-state index >= 15 is 0 Å². The normalized spacial score (nSPS) is 11.2. The highest BCUT2D eigenvalue weighted by atomic mass is 79.9. The van der Waals surface area contributed by atoms with Crippen LogP contribution in [0.25, 0.3) is 0 Å². The SMILES string of the molecule is CC(C)c1cccc(C(C)C)c1NC(=O)N(C)Cc1ccc(Br)o1. The highest BCUT2D eigenvalue weighted by Gasteiger charge is 2.18. The molecule has 0 aliphatic heterocycles. The van der Waals surface area contributed by atoms with Crippen molar-refractivity contribution in [3.8, 4) is 0 Å². The van der Waals surface area contributed by atoms with E-state index in [1.54, 1.807) is 11.9 Å². The molecule has 0 saturated carbocycles. The van der Waals surface area contributed by atoms with E-state index in [2.05, 4.69) is 67.1 Å². The molecule has 2 rings (SSSR count). The van der Waals surface area contributed by atoms with E-state index in [4.69, 9.17) is 4.42 Å². The van der Waals surface area contributed by atoms with Crippen LogP contribution in [0.3, 0.4) is 0 Å². The maximum absolute atomic E-state index is 12.6. The summed E-state index contributed by atoms with van der Waals surface area (Å²) in [5.74, 6) is 1.41. The van der Waals surface area contributed by atoms with Gasteiger partial charge in [-0.25, -0.2) is 4.79 Å². The summed E-state index contributed by atoms with van der Waals surface area (Å²) in [7, 11) is 1.76. The van der Waals surface area contributed by atoms with Gasteiger partial charge in [0.05, 0.1) is 6.54 Å². The summed E-state index contributed by atoms with van der Waals surface area (Å²) in [6.45, 7) is 8.97. The second-order valence-corrected chi connectivity index (χ2v) is 7.39. The van der Waals surface area contributed by atoms with Gasteiger partial charge in [0, 0.05) is 12.7 Å². The van der Waals surface area contributed by atoms with Crippen molar-refractivity contribution in [2.24, 2.45) is 0 Å². The van der Waals surface area contributed by atoms with Gasteiger partial charge in [-0.15, -0.1) is 0 Å². The lowest BCUT2D eigenvalue weighted by molar-refractivity contribution is 0.216. The highest BCUT2D eigenvalue weighted by molar-refractivity contribution is 9.10. The molecule has 0 radical (unpaired) electrons. The fraction of sp³-hybridized carbons (Fsp3) is 0.421. The second-order valence-electron chi connectivity index (χ2n) is 6.61. The first-order valence-electron chi connectivity index (χ1n) is 8.18. The summed E-state index contributed by atoms with van der Waals surface area (Å²) in [5, 5.41) is 3.10. The molecule has 0 spiro atoms. The van der Waals surface area contributed by atoms with Crippen LogP contribution in [-0.2, 0) is 6.54 Å². The number of urea groups is 1. The molecule has 0 fully saturated rings. The molecule has 24 heavy (non-hydrogen) atoms. The first-order chi connectivity index (χ1) is 11.3. The van der Waals surface area contributed by atoms with E-state index in [1.807, 2.05) is 12.1 Å². The summed E-state index contributed by atoms with van der Waals surface area (Å²) in [6.07, 6.45) is 0. The van der Waals surface area contributed by atoms with Crippen molar-refractivity contribution < 1.29 is 9.21 Å². The number of para-hydroxylation sites is 1. The lowest BCUT2D eigenvalue weighted by Gasteiger charge is -2.23. The molecule has 1 heterocycles. The number of carbonyl (C=O) groups excluding carboxylic acids is 1. The van der Waals surface area contributed by atoms with Gasteiger partial charge in [-0.1, -0.05) is 45.9 Å². The van der Waals surface area contributed by atoms with Crippen LogP contribution in [0.1, 0.15) is 56.4 Å². The van der Waals surface area contributed by atoms with Crippen LogP contribution in [-0.4, -0.2) is 18.0 Å². The molecule has 1 N–H and O–H groups in total. The molecule has 1 aromatic carbocycles. The quantitative estimate of drug-likeness (QED) is 0.682. The fourth-order valence-electron chi connectivity index (χ4n) is 2.64. The molecule has 0 saturated heterocycles. The van der Waals surface area contributed by atoms with E-state index in [0.29, 0.717) is 23.1 Å². The van der Waals surface area contributed by atoms with Gasteiger partial charge in [-0.2, -0.15) is 0 Å². The van der Waals surface area contributed by atoms with E-state index < -0.39 is 0 Å². The minimum absolute atomic E-state index is 0.141. The molecular weight excluding hydrogens is 368 g/mol. The number of furan rings is 1. The lowest BCUT2D eigenvalue weighted by Crippen LogP contribution is -2.31. The van der Waals surface area contributed by atoms with Gasteiger partial charge in [-0.05, 0) is 51.0 Å². The van der Waals surface area contributed by atoms with Crippen molar-refractivity contribution in [2.75, 3.05) is 12.4 Å². The van der Waals surface area contributed by atoms with Gasteiger partial charge < -0.3 is 14.6 Å². The van der Waals surface area contributed by atoms with Crippen LogP contribution in [0, 0.1) is 0 Å². The second kappa shape index (κ2) is 7.88. The zero-order chi connectivity index (χ0) is 17.9. The van der Waals surface area contributed by atoms with E-state index in [-0.39, 0.29) is 6.03 Å². The van der Waals surface area contributed by atoms with Crippen molar-refractivity contribution >= 4 is 27.6 Å². The topological polar surface area (TPSA) is 45.5 Å². The van der Waals surface area contributed by atoms with Gasteiger partial charge in [0.1, 0.15) is 5.76 Å². The van der Waals surface area contributed by atoms with Crippen LogP contribution in [0.2, 0.25) is 0 Å². The average Bonchev–Trinajstić information content (AvgIpc) is 2.91. The number of anilines is 1. The monoisotopic (exact) mass is 392 g/mol. The molecule has 130 valence electrons. The van der Waals surface area contributed by atoms with E-state index in [1.165, 1.54) is 0 Å². The Hall–Kier alpha value is -1.75. The zero-order valence-corrected chi connectivity index (χ0v) is 16.5. The van der Waals surface area contributed by atoms with E-state index in [0.717, 1.165) is 22.6 Å².